The van der Waals surface area contributed by atoms with Gasteiger partial charge >= 0.3 is 0 Å². The Hall–Kier alpha value is -1.19. The number of aryl methyl sites for hydroxylation is 1. The molecule has 0 amide bonds. The van der Waals surface area contributed by atoms with Crippen LogP contribution in [0.5, 0.6) is 0 Å². The Bertz CT molecular complexity index is 502. The van der Waals surface area contributed by atoms with Crippen molar-refractivity contribution >= 4 is 11.3 Å². The summed E-state index contributed by atoms with van der Waals surface area (Å²) in [6, 6.07) is 10.7. The minimum Gasteiger partial charge on any atom is -0.316 e. The molecule has 0 fully saturated rings. The third kappa shape index (κ3) is 3.88. The maximum absolute atomic E-state index is 4.28. The average Bonchev–Trinajstić information content (AvgIpc) is 2.81. The van der Waals surface area contributed by atoms with Crippen LogP contribution in [0.1, 0.15) is 30.0 Å². The van der Waals surface area contributed by atoms with Crippen LogP contribution in [0.15, 0.2) is 35.8 Å². The number of nitrogens with zero attached hydrogens (tertiary/aromatic N) is 1. The van der Waals surface area contributed by atoms with Crippen molar-refractivity contribution in [2.45, 2.75) is 32.6 Å². The van der Waals surface area contributed by atoms with Gasteiger partial charge in [0.15, 0.2) is 0 Å². The molecule has 0 saturated heterocycles. The molecule has 0 spiro atoms. The van der Waals surface area contributed by atoms with E-state index in [1.807, 2.05) is 5.51 Å². The summed E-state index contributed by atoms with van der Waals surface area (Å²) < 4.78 is 0. The second-order valence-electron chi connectivity index (χ2n) is 5.54. The molecule has 0 unspecified atom stereocenters. The van der Waals surface area contributed by atoms with Crippen LogP contribution in [-0.2, 0) is 11.8 Å². The topological polar surface area (TPSA) is 24.9 Å². The van der Waals surface area contributed by atoms with Crippen molar-refractivity contribution in [1.29, 1.82) is 0 Å². The van der Waals surface area contributed by atoms with Gasteiger partial charge in [-0.15, -0.1) is 11.3 Å². The maximum Gasteiger partial charge on any atom is 0.0797 e. The molecule has 1 aromatic heterocycles. The lowest BCUT2D eigenvalue weighted by molar-refractivity contribution is 0.472. The van der Waals surface area contributed by atoms with Crippen molar-refractivity contribution in [3.8, 4) is 0 Å². The zero-order valence-corrected chi connectivity index (χ0v) is 12.8. The van der Waals surface area contributed by atoms with Crippen molar-refractivity contribution in [1.82, 2.24) is 10.3 Å². The lowest BCUT2D eigenvalue weighted by Gasteiger charge is -2.25. The zero-order valence-electron chi connectivity index (χ0n) is 11.9. The second kappa shape index (κ2) is 6.31. The molecule has 0 radical (unpaired) electrons. The number of thiazole rings is 1. The standard InChI is InChI=1S/C16H22N2S/c1-13-15(19-12-18-13)9-10-17-11-16(2,3)14-7-5-4-6-8-14/h4-8,12,17H,9-11H2,1-3H3. The molecule has 2 aromatic rings. The van der Waals surface area contributed by atoms with Crippen LogP contribution in [0.2, 0.25) is 0 Å². The van der Waals surface area contributed by atoms with Crippen LogP contribution < -0.4 is 5.32 Å². The van der Waals surface area contributed by atoms with Gasteiger partial charge in [-0.2, -0.15) is 0 Å². The Labute approximate surface area is 119 Å². The second-order valence-corrected chi connectivity index (χ2v) is 6.48. The number of benzene rings is 1. The highest BCUT2D eigenvalue weighted by Crippen LogP contribution is 2.21. The third-order valence-corrected chi connectivity index (χ3v) is 4.49. The molecule has 102 valence electrons. The van der Waals surface area contributed by atoms with Crippen molar-refractivity contribution < 1.29 is 0 Å². The van der Waals surface area contributed by atoms with Gasteiger partial charge in [0.25, 0.3) is 0 Å². The molecule has 1 heterocycles. The van der Waals surface area contributed by atoms with Gasteiger partial charge in [-0.05, 0) is 18.9 Å². The molecule has 19 heavy (non-hydrogen) atoms. The Morgan fingerprint density at radius 1 is 1.21 bits per heavy atom. The fraction of sp³-hybridized carbons (Fsp3) is 0.438. The SMILES string of the molecule is Cc1ncsc1CCNCC(C)(C)c1ccccc1. The first kappa shape index (κ1) is 14.2. The first-order valence-corrected chi connectivity index (χ1v) is 7.63. The van der Waals surface area contributed by atoms with E-state index in [-0.39, 0.29) is 5.41 Å². The number of hydrogen-bond acceptors (Lipinski definition) is 3. The Morgan fingerprint density at radius 2 is 1.95 bits per heavy atom. The molecule has 2 rings (SSSR count). The van der Waals surface area contributed by atoms with Gasteiger partial charge in [-0.3, -0.25) is 0 Å². The van der Waals surface area contributed by atoms with Gasteiger partial charge < -0.3 is 5.32 Å². The molecule has 0 bridgehead atoms. The molecule has 0 aliphatic rings. The number of aromatic nitrogens is 1. The van der Waals surface area contributed by atoms with E-state index in [2.05, 4.69) is 61.4 Å². The van der Waals surface area contributed by atoms with E-state index in [0.29, 0.717) is 0 Å². The van der Waals surface area contributed by atoms with Crippen molar-refractivity contribution in [3.05, 3.63) is 52.0 Å². The van der Waals surface area contributed by atoms with Gasteiger partial charge in [0, 0.05) is 23.4 Å². The van der Waals surface area contributed by atoms with Gasteiger partial charge in [0.2, 0.25) is 0 Å². The predicted molar refractivity (Wildman–Crippen MR) is 82.9 cm³/mol. The quantitative estimate of drug-likeness (QED) is 0.815. The molecule has 3 heteroatoms. The Morgan fingerprint density at radius 3 is 2.58 bits per heavy atom. The van der Waals surface area contributed by atoms with Crippen LogP contribution in [0, 0.1) is 6.92 Å². The summed E-state index contributed by atoms with van der Waals surface area (Å²) in [6.45, 7) is 8.66. The summed E-state index contributed by atoms with van der Waals surface area (Å²) in [7, 11) is 0. The fourth-order valence-electron chi connectivity index (χ4n) is 2.16. The van der Waals surface area contributed by atoms with Crippen LogP contribution >= 0.6 is 11.3 Å². The largest absolute Gasteiger partial charge is 0.316 e. The summed E-state index contributed by atoms with van der Waals surface area (Å²) in [6.07, 6.45) is 1.07. The van der Waals surface area contributed by atoms with Gasteiger partial charge in [0.05, 0.1) is 11.2 Å². The molecular formula is C16H22N2S. The Kier molecular flexibility index (Phi) is 4.72. The van der Waals surface area contributed by atoms with Crippen LogP contribution in [0.4, 0.5) is 0 Å². The highest BCUT2D eigenvalue weighted by Gasteiger charge is 2.19. The molecule has 0 saturated carbocycles. The molecule has 0 aliphatic carbocycles. The normalized spacial score (nSPS) is 11.7. The Balaban J connectivity index is 1.81. The monoisotopic (exact) mass is 274 g/mol. The van der Waals surface area contributed by atoms with Crippen molar-refractivity contribution in [2.24, 2.45) is 0 Å². The smallest absolute Gasteiger partial charge is 0.0797 e. The van der Waals surface area contributed by atoms with Crippen molar-refractivity contribution in [3.63, 3.8) is 0 Å². The van der Waals surface area contributed by atoms with Gasteiger partial charge in [-0.1, -0.05) is 44.2 Å². The number of nitrogens with one attached hydrogen (secondary N) is 1. The minimum absolute atomic E-state index is 0.171. The molecule has 1 N–H and O–H groups in total. The van der Waals surface area contributed by atoms with Crippen LogP contribution in [0.25, 0.3) is 0 Å². The molecule has 2 nitrogen and oxygen atoms in total. The van der Waals surface area contributed by atoms with Gasteiger partial charge in [0.1, 0.15) is 0 Å². The lowest BCUT2D eigenvalue weighted by atomic mass is 9.84. The lowest BCUT2D eigenvalue weighted by Crippen LogP contribution is -2.34. The number of hydrogen-bond donors (Lipinski definition) is 1. The summed E-state index contributed by atoms with van der Waals surface area (Å²) >= 11 is 1.75. The minimum atomic E-state index is 0.171. The molecule has 0 aliphatic heterocycles. The van der Waals surface area contributed by atoms with E-state index in [9.17, 15) is 0 Å². The van der Waals surface area contributed by atoms with Gasteiger partial charge in [-0.25, -0.2) is 4.98 Å². The van der Waals surface area contributed by atoms with E-state index < -0.39 is 0 Å². The summed E-state index contributed by atoms with van der Waals surface area (Å²) in [5.41, 5.74) is 4.66. The predicted octanol–water partition coefficient (Wildman–Crippen LogP) is 3.56. The summed E-state index contributed by atoms with van der Waals surface area (Å²) in [4.78, 5) is 5.68. The first-order chi connectivity index (χ1) is 9.09. The van der Waals surface area contributed by atoms with E-state index >= 15 is 0 Å². The van der Waals surface area contributed by atoms with E-state index in [1.54, 1.807) is 11.3 Å². The summed E-state index contributed by atoms with van der Waals surface area (Å²) in [5.74, 6) is 0. The zero-order chi connectivity index (χ0) is 13.7. The third-order valence-electron chi connectivity index (χ3n) is 3.50. The molecule has 1 aromatic carbocycles. The fourth-order valence-corrected chi connectivity index (χ4v) is 2.94. The first-order valence-electron chi connectivity index (χ1n) is 6.75. The maximum atomic E-state index is 4.28. The highest BCUT2D eigenvalue weighted by molar-refractivity contribution is 7.09. The average molecular weight is 274 g/mol. The van der Waals surface area contributed by atoms with E-state index in [1.165, 1.54) is 16.1 Å². The van der Waals surface area contributed by atoms with E-state index in [0.717, 1.165) is 19.5 Å². The van der Waals surface area contributed by atoms with Crippen LogP contribution in [-0.4, -0.2) is 18.1 Å². The highest BCUT2D eigenvalue weighted by atomic mass is 32.1. The number of rotatable bonds is 6. The van der Waals surface area contributed by atoms with E-state index in [4.69, 9.17) is 0 Å². The summed E-state index contributed by atoms with van der Waals surface area (Å²) in [5, 5.41) is 3.57. The molecular weight excluding hydrogens is 252 g/mol. The molecule has 0 atom stereocenters. The van der Waals surface area contributed by atoms with Crippen molar-refractivity contribution in [2.75, 3.05) is 13.1 Å². The van der Waals surface area contributed by atoms with Crippen LogP contribution in [0.3, 0.4) is 0 Å².